The minimum Gasteiger partial charge on any atom is -0.450 e. The molecule has 0 heterocycles. The Balaban J connectivity index is 2.18. The molecule has 0 spiro atoms. The maximum atomic E-state index is 11.6. The average molecular weight is 260 g/mol. The van der Waals surface area contributed by atoms with Crippen molar-refractivity contribution in [3.05, 3.63) is 0 Å². The highest BCUT2D eigenvalue weighted by molar-refractivity contribution is 5.89. The topological polar surface area (TPSA) is 130 Å². The van der Waals surface area contributed by atoms with Crippen LogP contribution in [0, 0.1) is 5.92 Å². The van der Waals surface area contributed by atoms with E-state index in [4.69, 9.17) is 10.2 Å². The number of fused-ring (bicyclic) bond motifs is 1. The summed E-state index contributed by atoms with van der Waals surface area (Å²) in [5, 5.41) is 27.4. The van der Waals surface area contributed by atoms with E-state index >= 15 is 0 Å². The van der Waals surface area contributed by atoms with Gasteiger partial charge in [0, 0.05) is 12.3 Å². The van der Waals surface area contributed by atoms with E-state index in [-0.39, 0.29) is 19.3 Å². The average Bonchev–Trinajstić information content (AvgIpc) is 2.65. The number of aliphatic hydroxyl groups is 1. The van der Waals surface area contributed by atoms with Gasteiger partial charge >= 0.3 is 12.3 Å². The number of hydrogen-bond donors (Lipinski definition) is 3. The second-order valence-electron chi connectivity index (χ2n) is 4.49. The van der Waals surface area contributed by atoms with Crippen LogP contribution in [0.4, 0.5) is 9.59 Å². The smallest absolute Gasteiger partial charge is 0.450 e. The number of Topliss-reactive ketones (excluding diaryl/α,β-unsaturated/α-hetero) is 1. The van der Waals surface area contributed by atoms with Crippen molar-refractivity contribution in [2.24, 2.45) is 5.92 Å². The van der Waals surface area contributed by atoms with Gasteiger partial charge in [-0.05, 0) is 12.8 Å². The Morgan fingerprint density at radius 1 is 1.22 bits per heavy atom. The predicted molar refractivity (Wildman–Crippen MR) is 53.1 cm³/mol. The molecule has 4 unspecified atom stereocenters. The third-order valence-electron chi connectivity index (χ3n) is 3.56. The molecule has 100 valence electrons. The van der Waals surface area contributed by atoms with Crippen LogP contribution in [0.15, 0.2) is 0 Å². The SMILES string of the molecule is O=C(O)OC1CCC2(O)C(OC(=O)O)C(=O)CC12. The third kappa shape index (κ3) is 1.88. The van der Waals surface area contributed by atoms with Crippen molar-refractivity contribution >= 4 is 18.1 Å². The summed E-state index contributed by atoms with van der Waals surface area (Å²) < 4.78 is 9.00. The fourth-order valence-corrected chi connectivity index (χ4v) is 2.86. The molecule has 2 saturated carbocycles. The molecule has 0 aromatic heterocycles. The number of hydrogen-bond acceptors (Lipinski definition) is 6. The lowest BCUT2D eigenvalue weighted by Gasteiger charge is -2.27. The summed E-state index contributed by atoms with van der Waals surface area (Å²) in [5.74, 6) is -1.30. The maximum Gasteiger partial charge on any atom is 0.506 e. The molecule has 0 radical (unpaired) electrons. The molecule has 8 heteroatoms. The number of ketones is 1. The molecule has 18 heavy (non-hydrogen) atoms. The maximum absolute atomic E-state index is 11.6. The first kappa shape index (κ1) is 12.6. The quantitative estimate of drug-likeness (QED) is 0.601. The largest absolute Gasteiger partial charge is 0.506 e. The fourth-order valence-electron chi connectivity index (χ4n) is 2.86. The minimum atomic E-state index is -1.66. The van der Waals surface area contributed by atoms with Gasteiger partial charge in [-0.15, -0.1) is 0 Å². The van der Waals surface area contributed by atoms with Crippen LogP contribution in [0.25, 0.3) is 0 Å². The molecule has 3 N–H and O–H groups in total. The highest BCUT2D eigenvalue weighted by Crippen LogP contribution is 2.48. The highest BCUT2D eigenvalue weighted by Gasteiger charge is 2.63. The molecule has 2 fully saturated rings. The molecule has 0 aromatic carbocycles. The van der Waals surface area contributed by atoms with Gasteiger partial charge in [0.2, 0.25) is 0 Å². The van der Waals surface area contributed by atoms with Gasteiger partial charge in [-0.2, -0.15) is 0 Å². The number of rotatable bonds is 2. The molecule has 0 bridgehead atoms. The predicted octanol–water partition coefficient (Wildman–Crippen LogP) is 0.227. The van der Waals surface area contributed by atoms with Gasteiger partial charge < -0.3 is 24.8 Å². The Morgan fingerprint density at radius 3 is 2.39 bits per heavy atom. The van der Waals surface area contributed by atoms with E-state index in [1.54, 1.807) is 0 Å². The van der Waals surface area contributed by atoms with Gasteiger partial charge in [0.15, 0.2) is 11.9 Å². The summed E-state index contributed by atoms with van der Waals surface area (Å²) in [5.41, 5.74) is -1.66. The van der Waals surface area contributed by atoms with Crippen molar-refractivity contribution in [2.75, 3.05) is 0 Å². The first-order chi connectivity index (χ1) is 8.34. The molecule has 2 rings (SSSR count). The van der Waals surface area contributed by atoms with E-state index in [1.807, 2.05) is 0 Å². The second kappa shape index (κ2) is 4.13. The Morgan fingerprint density at radius 2 is 1.83 bits per heavy atom. The summed E-state index contributed by atoms with van der Waals surface area (Å²) in [6.07, 6.45) is -5.24. The van der Waals surface area contributed by atoms with Crippen LogP contribution < -0.4 is 0 Å². The molecule has 0 aromatic rings. The zero-order chi connectivity index (χ0) is 13.5. The van der Waals surface area contributed by atoms with Crippen LogP contribution >= 0.6 is 0 Å². The van der Waals surface area contributed by atoms with Crippen molar-refractivity contribution in [1.29, 1.82) is 0 Å². The molecular formula is C10H12O8. The van der Waals surface area contributed by atoms with Crippen LogP contribution in [-0.2, 0) is 14.3 Å². The van der Waals surface area contributed by atoms with Crippen molar-refractivity contribution in [1.82, 2.24) is 0 Å². The Kier molecular flexibility index (Phi) is 2.89. The number of carbonyl (C=O) groups excluding carboxylic acids is 1. The Hall–Kier alpha value is -1.83. The Bertz CT molecular complexity index is 405. The van der Waals surface area contributed by atoms with Crippen LogP contribution in [0.5, 0.6) is 0 Å². The van der Waals surface area contributed by atoms with E-state index in [0.717, 1.165) is 0 Å². The van der Waals surface area contributed by atoms with E-state index in [9.17, 15) is 19.5 Å². The van der Waals surface area contributed by atoms with Gasteiger partial charge in [-0.1, -0.05) is 0 Å². The van der Waals surface area contributed by atoms with Crippen molar-refractivity contribution in [2.45, 2.75) is 37.1 Å². The van der Waals surface area contributed by atoms with Gasteiger partial charge in [-0.25, -0.2) is 9.59 Å². The third-order valence-corrected chi connectivity index (χ3v) is 3.56. The summed E-state index contributed by atoms with van der Waals surface area (Å²) >= 11 is 0. The molecule has 4 atom stereocenters. The normalized spacial score (nSPS) is 38.3. The zero-order valence-corrected chi connectivity index (χ0v) is 9.24. The minimum absolute atomic E-state index is 0.0688. The summed E-state index contributed by atoms with van der Waals surface area (Å²) in [4.78, 5) is 32.6. The second-order valence-corrected chi connectivity index (χ2v) is 4.49. The van der Waals surface area contributed by atoms with Crippen LogP contribution in [-0.4, -0.2) is 51.2 Å². The standard InChI is InChI=1S/C10H12O8/c11-5-3-4-6(17-8(12)13)1-2-10(4,16)7(5)18-9(14)15/h4,6-7,16H,1-3H2,(H,12,13)(H,14,15). The van der Waals surface area contributed by atoms with E-state index < -0.39 is 41.8 Å². The monoisotopic (exact) mass is 260 g/mol. The number of carboxylic acid groups (broad SMARTS) is 2. The molecule has 0 aliphatic heterocycles. The van der Waals surface area contributed by atoms with Crippen molar-refractivity contribution in [3.63, 3.8) is 0 Å². The highest BCUT2D eigenvalue weighted by atomic mass is 16.7. The lowest BCUT2D eigenvalue weighted by atomic mass is 9.92. The van der Waals surface area contributed by atoms with Crippen LogP contribution in [0.1, 0.15) is 19.3 Å². The molecule has 0 saturated heterocycles. The number of carbonyl (C=O) groups is 3. The van der Waals surface area contributed by atoms with Crippen LogP contribution in [0.2, 0.25) is 0 Å². The summed E-state index contributed by atoms with van der Waals surface area (Å²) in [6.45, 7) is 0. The Labute approximate surface area is 101 Å². The summed E-state index contributed by atoms with van der Waals surface area (Å²) in [6, 6.07) is 0. The lowest BCUT2D eigenvalue weighted by molar-refractivity contribution is -0.136. The van der Waals surface area contributed by atoms with E-state index in [1.165, 1.54) is 0 Å². The van der Waals surface area contributed by atoms with Gasteiger partial charge in [0.05, 0.1) is 0 Å². The van der Waals surface area contributed by atoms with Gasteiger partial charge in [0.25, 0.3) is 0 Å². The van der Waals surface area contributed by atoms with Crippen molar-refractivity contribution < 1.29 is 39.2 Å². The van der Waals surface area contributed by atoms with Crippen molar-refractivity contribution in [3.8, 4) is 0 Å². The zero-order valence-electron chi connectivity index (χ0n) is 9.24. The van der Waals surface area contributed by atoms with E-state index in [2.05, 4.69) is 9.47 Å². The first-order valence-corrected chi connectivity index (χ1v) is 5.39. The molecular weight excluding hydrogens is 248 g/mol. The fraction of sp³-hybridized carbons (Fsp3) is 0.700. The molecule has 0 amide bonds. The molecule has 2 aliphatic carbocycles. The summed E-state index contributed by atoms with van der Waals surface area (Å²) in [7, 11) is 0. The number of ether oxygens (including phenoxy) is 2. The first-order valence-electron chi connectivity index (χ1n) is 5.39. The lowest BCUT2D eigenvalue weighted by Crippen LogP contribution is -2.45. The molecule has 2 aliphatic rings. The van der Waals surface area contributed by atoms with E-state index in [0.29, 0.717) is 0 Å². The van der Waals surface area contributed by atoms with Gasteiger partial charge in [-0.3, -0.25) is 4.79 Å². The van der Waals surface area contributed by atoms with Crippen LogP contribution in [0.3, 0.4) is 0 Å². The molecule has 8 nitrogen and oxygen atoms in total. The van der Waals surface area contributed by atoms with Gasteiger partial charge in [0.1, 0.15) is 11.7 Å².